The molecule has 21 heavy (non-hydrogen) atoms. The summed E-state index contributed by atoms with van der Waals surface area (Å²) in [5, 5.41) is 8.17. The minimum atomic E-state index is -0.250. The molecule has 0 atom stereocenters. The predicted molar refractivity (Wildman–Crippen MR) is 76.4 cm³/mol. The maximum absolute atomic E-state index is 11.8. The van der Waals surface area contributed by atoms with Gasteiger partial charge in [0, 0.05) is 0 Å². The van der Waals surface area contributed by atoms with Crippen LogP contribution in [0.3, 0.4) is 0 Å². The van der Waals surface area contributed by atoms with E-state index < -0.39 is 0 Å². The van der Waals surface area contributed by atoms with E-state index >= 15 is 0 Å². The minimum absolute atomic E-state index is 0.113. The lowest BCUT2D eigenvalue weighted by Crippen LogP contribution is -2.31. The number of amides is 1. The summed E-state index contributed by atoms with van der Waals surface area (Å²) in [5.74, 6) is 1.28. The van der Waals surface area contributed by atoms with Crippen molar-refractivity contribution in [3.05, 3.63) is 35.3 Å². The number of nitrogens with one attached hydrogen (secondary N) is 3. The second-order valence-corrected chi connectivity index (χ2v) is 5.13. The third-order valence-corrected chi connectivity index (χ3v) is 3.55. The van der Waals surface area contributed by atoms with Gasteiger partial charge in [-0.3, -0.25) is 15.6 Å². The Balaban J connectivity index is 1.63. The number of aryl methyl sites for hydroxylation is 1. The van der Waals surface area contributed by atoms with Crippen LogP contribution in [0.15, 0.2) is 28.3 Å². The van der Waals surface area contributed by atoms with Gasteiger partial charge in [-0.25, -0.2) is 10.1 Å². The zero-order valence-corrected chi connectivity index (χ0v) is 11.9. The Kier molecular flexibility index (Phi) is 3.65. The van der Waals surface area contributed by atoms with E-state index in [4.69, 9.17) is 4.42 Å². The van der Waals surface area contributed by atoms with Crippen LogP contribution in [0.1, 0.15) is 11.5 Å². The lowest BCUT2D eigenvalue weighted by atomic mass is 10.2. The van der Waals surface area contributed by atoms with Gasteiger partial charge in [0.15, 0.2) is 0 Å². The van der Waals surface area contributed by atoms with Gasteiger partial charge in [-0.2, -0.15) is 10.1 Å². The molecule has 3 heterocycles. The van der Waals surface area contributed by atoms with Gasteiger partial charge in [-0.1, -0.05) is 6.07 Å². The van der Waals surface area contributed by atoms with Crippen LogP contribution in [0.25, 0.3) is 10.8 Å². The average Bonchev–Trinajstić information content (AvgIpc) is 3.18. The molecule has 8 nitrogen and oxygen atoms in total. The van der Waals surface area contributed by atoms with E-state index in [1.165, 1.54) is 17.7 Å². The van der Waals surface area contributed by atoms with Crippen LogP contribution in [0.4, 0.5) is 5.95 Å². The van der Waals surface area contributed by atoms with E-state index in [-0.39, 0.29) is 12.3 Å². The molecule has 1 amide bonds. The molecule has 3 N–H and O–H groups in total. The molecule has 0 radical (unpaired) electrons. The first-order chi connectivity index (χ1) is 10.2. The summed E-state index contributed by atoms with van der Waals surface area (Å²) in [5.41, 5.74) is 5.72. The molecular weight excluding hydrogens is 292 g/mol. The molecule has 0 aliphatic rings. The van der Waals surface area contributed by atoms with E-state index in [2.05, 4.69) is 31.0 Å². The van der Waals surface area contributed by atoms with Crippen molar-refractivity contribution in [2.75, 3.05) is 5.43 Å². The molecule has 0 saturated heterocycles. The number of hydrogen-bond donors (Lipinski definition) is 3. The lowest BCUT2D eigenvalue weighted by molar-refractivity contribution is -0.120. The number of anilines is 1. The Labute approximate surface area is 123 Å². The van der Waals surface area contributed by atoms with Crippen molar-refractivity contribution < 1.29 is 9.21 Å². The zero-order chi connectivity index (χ0) is 14.7. The summed E-state index contributed by atoms with van der Waals surface area (Å²) >= 11 is 1.54. The average molecular weight is 304 g/mol. The molecule has 3 rings (SSSR count). The first-order valence-corrected chi connectivity index (χ1v) is 7.01. The predicted octanol–water partition coefficient (Wildman–Crippen LogP) is 1.52. The number of oxazole rings is 1. The number of carbonyl (C=O) groups excluding carboxylic acids is 1. The Morgan fingerprint density at radius 1 is 1.52 bits per heavy atom. The van der Waals surface area contributed by atoms with Crippen LogP contribution >= 0.6 is 11.3 Å². The molecule has 108 valence electrons. The van der Waals surface area contributed by atoms with Gasteiger partial charge in [0.25, 0.3) is 0 Å². The SMILES string of the molecule is Cc1oc(-c2cccs2)nc1CC(=O)NNc1ncn[nH]1. The summed E-state index contributed by atoms with van der Waals surface area (Å²) in [7, 11) is 0. The smallest absolute Gasteiger partial charge is 0.244 e. The number of hydrazine groups is 1. The van der Waals surface area contributed by atoms with Crippen molar-refractivity contribution in [2.45, 2.75) is 13.3 Å². The molecule has 0 aliphatic carbocycles. The number of H-pyrrole nitrogens is 1. The largest absolute Gasteiger partial charge is 0.440 e. The van der Waals surface area contributed by atoms with Crippen LogP contribution in [0.2, 0.25) is 0 Å². The fourth-order valence-electron chi connectivity index (χ4n) is 1.69. The third kappa shape index (κ3) is 3.08. The normalized spacial score (nSPS) is 10.5. The molecule has 0 saturated carbocycles. The lowest BCUT2D eigenvalue weighted by Gasteiger charge is -2.03. The number of aromatic nitrogens is 4. The van der Waals surface area contributed by atoms with Crippen molar-refractivity contribution >= 4 is 23.2 Å². The highest BCUT2D eigenvalue weighted by atomic mass is 32.1. The van der Waals surface area contributed by atoms with Gasteiger partial charge in [-0.05, 0) is 18.4 Å². The summed E-state index contributed by atoms with van der Waals surface area (Å²) in [6.45, 7) is 1.79. The Hall–Kier alpha value is -2.68. The van der Waals surface area contributed by atoms with Crippen molar-refractivity contribution in [3.63, 3.8) is 0 Å². The second kappa shape index (κ2) is 5.75. The van der Waals surface area contributed by atoms with E-state index in [1.807, 2.05) is 17.5 Å². The number of hydrogen-bond acceptors (Lipinski definition) is 7. The maximum atomic E-state index is 11.8. The van der Waals surface area contributed by atoms with E-state index in [1.54, 1.807) is 6.92 Å². The third-order valence-electron chi connectivity index (χ3n) is 2.69. The van der Waals surface area contributed by atoms with Crippen LogP contribution in [0, 0.1) is 6.92 Å². The highest BCUT2D eigenvalue weighted by Crippen LogP contribution is 2.25. The van der Waals surface area contributed by atoms with E-state index in [0.717, 1.165) is 4.88 Å². The molecule has 0 unspecified atom stereocenters. The molecule has 9 heteroatoms. The summed E-state index contributed by atoms with van der Waals surface area (Å²) < 4.78 is 5.58. The molecule has 3 aromatic rings. The first kappa shape index (κ1) is 13.3. The number of rotatable bonds is 5. The van der Waals surface area contributed by atoms with E-state index in [0.29, 0.717) is 23.3 Å². The van der Waals surface area contributed by atoms with Gasteiger partial charge >= 0.3 is 0 Å². The Bertz CT molecular complexity index is 719. The quantitative estimate of drug-likeness (QED) is 0.617. The number of thiophene rings is 1. The Morgan fingerprint density at radius 3 is 3.14 bits per heavy atom. The molecular formula is C12H12N6O2S. The molecule has 0 aliphatic heterocycles. The fraction of sp³-hybridized carbons (Fsp3) is 0.167. The number of carbonyl (C=O) groups is 1. The number of aromatic amines is 1. The van der Waals surface area contributed by atoms with Crippen LogP contribution in [0.5, 0.6) is 0 Å². The number of nitrogens with zero attached hydrogens (tertiary/aromatic N) is 3. The minimum Gasteiger partial charge on any atom is -0.440 e. The highest BCUT2D eigenvalue weighted by Gasteiger charge is 2.15. The van der Waals surface area contributed by atoms with Crippen LogP contribution < -0.4 is 10.9 Å². The summed E-state index contributed by atoms with van der Waals surface area (Å²) in [4.78, 5) is 21.0. The van der Waals surface area contributed by atoms with E-state index in [9.17, 15) is 4.79 Å². The second-order valence-electron chi connectivity index (χ2n) is 4.18. The van der Waals surface area contributed by atoms with Crippen LogP contribution in [-0.4, -0.2) is 26.1 Å². The van der Waals surface area contributed by atoms with Gasteiger partial charge in [-0.15, -0.1) is 11.3 Å². The standard InChI is InChI=1S/C12H12N6O2S/c1-7-8(15-11(20-7)9-3-2-4-21-9)5-10(19)16-18-12-13-6-14-17-12/h2-4,6H,5H2,1H3,(H,16,19)(H2,13,14,17,18). The maximum Gasteiger partial charge on any atom is 0.244 e. The van der Waals surface area contributed by atoms with Gasteiger partial charge in [0.2, 0.25) is 17.7 Å². The van der Waals surface area contributed by atoms with Gasteiger partial charge in [0.1, 0.15) is 12.1 Å². The van der Waals surface area contributed by atoms with Gasteiger partial charge < -0.3 is 4.42 Å². The molecule has 0 spiro atoms. The topological polar surface area (TPSA) is 109 Å². The molecule has 0 fully saturated rings. The molecule has 3 aromatic heterocycles. The monoisotopic (exact) mass is 304 g/mol. The van der Waals surface area contributed by atoms with Crippen molar-refractivity contribution in [3.8, 4) is 10.8 Å². The summed E-state index contributed by atoms with van der Waals surface area (Å²) in [6, 6.07) is 3.85. The molecule has 0 bridgehead atoms. The first-order valence-electron chi connectivity index (χ1n) is 6.13. The highest BCUT2D eigenvalue weighted by molar-refractivity contribution is 7.13. The van der Waals surface area contributed by atoms with Gasteiger partial charge in [0.05, 0.1) is 17.0 Å². The van der Waals surface area contributed by atoms with Crippen molar-refractivity contribution in [2.24, 2.45) is 0 Å². The zero-order valence-electron chi connectivity index (χ0n) is 11.1. The van der Waals surface area contributed by atoms with Crippen molar-refractivity contribution in [1.82, 2.24) is 25.6 Å². The Morgan fingerprint density at radius 2 is 2.43 bits per heavy atom. The van der Waals surface area contributed by atoms with Crippen molar-refractivity contribution in [1.29, 1.82) is 0 Å². The fourth-order valence-corrected chi connectivity index (χ4v) is 2.34. The van der Waals surface area contributed by atoms with Crippen LogP contribution in [-0.2, 0) is 11.2 Å². The summed E-state index contributed by atoms with van der Waals surface area (Å²) in [6.07, 6.45) is 1.45. The molecule has 0 aromatic carbocycles.